The summed E-state index contributed by atoms with van der Waals surface area (Å²) in [6.45, 7) is 6.11. The van der Waals surface area contributed by atoms with Gasteiger partial charge in [0.1, 0.15) is 17.0 Å². The fourth-order valence-corrected chi connectivity index (χ4v) is 2.94. The number of allylic oxidation sites excluding steroid dienone is 1. The maximum Gasteiger partial charge on any atom is 0.203 e. The average molecular weight is 367 g/mol. The van der Waals surface area contributed by atoms with Gasteiger partial charge in [0.05, 0.1) is 5.69 Å². The lowest BCUT2D eigenvalue weighted by molar-refractivity contribution is 0.384. The Morgan fingerprint density at radius 2 is 2.08 bits per heavy atom. The molecule has 2 heterocycles. The van der Waals surface area contributed by atoms with Gasteiger partial charge < -0.3 is 10.2 Å². The molecule has 132 valence electrons. The zero-order chi connectivity index (χ0) is 18.5. The minimum atomic E-state index is 0.270. The molecule has 1 aromatic carbocycles. The molecule has 1 saturated heterocycles. The van der Waals surface area contributed by atoms with Crippen LogP contribution in [0.1, 0.15) is 16.7 Å². The monoisotopic (exact) mass is 366 g/mol. The molecule has 7 heteroatoms. The third kappa shape index (κ3) is 4.01. The largest absolute Gasteiger partial charge is 0.367 e. The van der Waals surface area contributed by atoms with Gasteiger partial charge in [0, 0.05) is 25.8 Å². The van der Waals surface area contributed by atoms with Crippen LogP contribution < -0.4 is 5.32 Å². The topological polar surface area (TPSA) is 76.7 Å². The highest BCUT2D eigenvalue weighted by molar-refractivity contribution is 6.29. The Labute approximate surface area is 157 Å². The van der Waals surface area contributed by atoms with Crippen molar-refractivity contribution in [2.45, 2.75) is 20.4 Å². The second kappa shape index (κ2) is 7.98. The van der Waals surface area contributed by atoms with E-state index in [9.17, 15) is 5.26 Å². The Kier molecular flexibility index (Phi) is 5.49. The van der Waals surface area contributed by atoms with E-state index >= 15 is 0 Å². The highest BCUT2D eigenvalue weighted by Crippen LogP contribution is 2.25. The van der Waals surface area contributed by atoms with Crippen molar-refractivity contribution in [1.29, 1.82) is 5.26 Å². The number of halogens is 1. The van der Waals surface area contributed by atoms with E-state index in [1.807, 2.05) is 38.1 Å². The molecule has 0 aliphatic carbocycles. The van der Waals surface area contributed by atoms with Crippen LogP contribution in [0.3, 0.4) is 0 Å². The predicted molar refractivity (Wildman–Crippen MR) is 101 cm³/mol. The van der Waals surface area contributed by atoms with Gasteiger partial charge >= 0.3 is 0 Å². The molecular weight excluding hydrogens is 348 g/mol. The van der Waals surface area contributed by atoms with Crippen molar-refractivity contribution in [3.63, 3.8) is 0 Å². The number of nitrogens with zero attached hydrogens (tertiary/aromatic N) is 5. The third-order valence-corrected chi connectivity index (χ3v) is 4.40. The smallest absolute Gasteiger partial charge is 0.203 e. The van der Waals surface area contributed by atoms with Gasteiger partial charge in [0.2, 0.25) is 5.70 Å². The first-order chi connectivity index (χ1) is 12.6. The number of aryl methyl sites for hydroxylation is 2. The lowest BCUT2D eigenvalue weighted by Gasteiger charge is -2.18. The van der Waals surface area contributed by atoms with Gasteiger partial charge in [0.15, 0.2) is 0 Å². The molecule has 1 fully saturated rings. The molecule has 0 amide bonds. The number of aromatic nitrogens is 1. The fraction of sp³-hybridized carbons (Fsp3) is 0.263. The number of pyridine rings is 1. The van der Waals surface area contributed by atoms with Gasteiger partial charge in [-0.2, -0.15) is 5.26 Å². The SMILES string of the molecule is Cc1cccc(C)c1/N=N/C(C#N)=C1/NCCN1Cc1ccc(Cl)nc1. The first-order valence-electron chi connectivity index (χ1n) is 8.30. The van der Waals surface area contributed by atoms with Gasteiger partial charge in [-0.05, 0) is 36.6 Å². The van der Waals surface area contributed by atoms with Crippen LogP contribution >= 0.6 is 11.6 Å². The van der Waals surface area contributed by atoms with E-state index in [4.69, 9.17) is 11.6 Å². The van der Waals surface area contributed by atoms with E-state index in [1.165, 1.54) is 0 Å². The second-order valence-corrected chi connectivity index (χ2v) is 6.47. The Morgan fingerprint density at radius 3 is 2.73 bits per heavy atom. The normalized spacial score (nSPS) is 15.8. The van der Waals surface area contributed by atoms with Gasteiger partial charge in [-0.1, -0.05) is 35.9 Å². The second-order valence-electron chi connectivity index (χ2n) is 6.09. The average Bonchev–Trinajstić information content (AvgIpc) is 3.08. The molecule has 3 rings (SSSR count). The summed E-state index contributed by atoms with van der Waals surface area (Å²) in [4.78, 5) is 6.16. The molecule has 6 nitrogen and oxygen atoms in total. The van der Waals surface area contributed by atoms with Gasteiger partial charge in [0.25, 0.3) is 0 Å². The van der Waals surface area contributed by atoms with Crippen molar-refractivity contribution < 1.29 is 0 Å². The summed E-state index contributed by atoms with van der Waals surface area (Å²) in [7, 11) is 0. The maximum absolute atomic E-state index is 9.57. The number of hydrogen-bond donors (Lipinski definition) is 1. The Bertz CT molecular complexity index is 875. The summed E-state index contributed by atoms with van der Waals surface area (Å²) in [5.74, 6) is 0.692. The number of nitriles is 1. The molecule has 1 aromatic heterocycles. The lowest BCUT2D eigenvalue weighted by atomic mass is 10.1. The zero-order valence-corrected chi connectivity index (χ0v) is 15.5. The van der Waals surface area contributed by atoms with E-state index in [2.05, 4.69) is 31.5 Å². The van der Waals surface area contributed by atoms with E-state index in [1.54, 1.807) is 12.3 Å². The number of benzene rings is 1. The summed E-state index contributed by atoms with van der Waals surface area (Å²) >= 11 is 5.84. The molecule has 0 saturated carbocycles. The highest BCUT2D eigenvalue weighted by atomic mass is 35.5. The lowest BCUT2D eigenvalue weighted by Crippen LogP contribution is -2.21. The first-order valence-corrected chi connectivity index (χ1v) is 8.68. The number of rotatable bonds is 4. The molecule has 0 spiro atoms. The van der Waals surface area contributed by atoms with Gasteiger partial charge in [-0.25, -0.2) is 4.98 Å². The van der Waals surface area contributed by atoms with E-state index in [0.717, 1.165) is 35.5 Å². The first kappa shape index (κ1) is 17.9. The van der Waals surface area contributed by atoms with Crippen LogP contribution in [0.25, 0.3) is 0 Å². The zero-order valence-electron chi connectivity index (χ0n) is 14.7. The molecular formula is C19H19ClN6. The maximum atomic E-state index is 9.57. The summed E-state index contributed by atoms with van der Waals surface area (Å²) in [5.41, 5.74) is 4.14. The molecule has 0 atom stereocenters. The van der Waals surface area contributed by atoms with Crippen molar-refractivity contribution in [2.75, 3.05) is 13.1 Å². The van der Waals surface area contributed by atoms with Crippen molar-refractivity contribution in [1.82, 2.24) is 15.2 Å². The fourth-order valence-electron chi connectivity index (χ4n) is 2.83. The van der Waals surface area contributed by atoms with Crippen LogP contribution in [-0.4, -0.2) is 23.0 Å². The van der Waals surface area contributed by atoms with Crippen LogP contribution in [0.4, 0.5) is 5.69 Å². The number of azo groups is 1. The summed E-state index contributed by atoms with van der Waals surface area (Å²) < 4.78 is 0. The molecule has 26 heavy (non-hydrogen) atoms. The highest BCUT2D eigenvalue weighted by Gasteiger charge is 2.21. The summed E-state index contributed by atoms with van der Waals surface area (Å²) in [6, 6.07) is 11.8. The molecule has 1 aliphatic heterocycles. The van der Waals surface area contributed by atoms with Gasteiger partial charge in [-0.15, -0.1) is 10.2 Å². The van der Waals surface area contributed by atoms with Crippen molar-refractivity contribution in [3.05, 3.63) is 69.9 Å². The molecule has 0 unspecified atom stereocenters. The van der Waals surface area contributed by atoms with Crippen LogP contribution in [0, 0.1) is 25.2 Å². The summed E-state index contributed by atoms with van der Waals surface area (Å²) in [6.07, 6.45) is 1.74. The number of nitrogens with one attached hydrogen (secondary N) is 1. The predicted octanol–water partition coefficient (Wildman–Crippen LogP) is 4.23. The third-order valence-electron chi connectivity index (χ3n) is 4.17. The van der Waals surface area contributed by atoms with Crippen molar-refractivity contribution >= 4 is 17.3 Å². The van der Waals surface area contributed by atoms with Crippen molar-refractivity contribution in [3.8, 4) is 6.07 Å². The minimum Gasteiger partial charge on any atom is -0.367 e. The minimum absolute atomic E-state index is 0.270. The van der Waals surface area contributed by atoms with E-state index in [-0.39, 0.29) is 5.70 Å². The van der Waals surface area contributed by atoms with Crippen LogP contribution in [0.15, 0.2) is 58.3 Å². The van der Waals surface area contributed by atoms with Crippen molar-refractivity contribution in [2.24, 2.45) is 10.2 Å². The Morgan fingerprint density at radius 1 is 1.31 bits per heavy atom. The molecule has 2 aromatic rings. The quantitative estimate of drug-likeness (QED) is 0.499. The summed E-state index contributed by atoms with van der Waals surface area (Å²) in [5, 5.41) is 21.8. The molecule has 1 N–H and O–H groups in total. The van der Waals surface area contributed by atoms with Crippen LogP contribution in [-0.2, 0) is 6.54 Å². The molecule has 0 bridgehead atoms. The Balaban J connectivity index is 1.86. The van der Waals surface area contributed by atoms with Crippen LogP contribution in [0.2, 0.25) is 5.15 Å². The van der Waals surface area contributed by atoms with E-state index in [0.29, 0.717) is 17.5 Å². The standard InChI is InChI=1S/C19H19ClN6/c1-13-4-3-5-14(2)18(13)25-24-16(10-21)19-22-8-9-26(19)12-15-6-7-17(20)23-11-15/h3-7,11,22H,8-9,12H2,1-2H3/b19-16-,25-24+. The number of hydrogen-bond acceptors (Lipinski definition) is 6. The Hall–Kier alpha value is -2.91. The molecule has 1 aliphatic rings. The molecule has 0 radical (unpaired) electrons. The van der Waals surface area contributed by atoms with Crippen LogP contribution in [0.5, 0.6) is 0 Å². The van der Waals surface area contributed by atoms with Gasteiger partial charge in [-0.3, -0.25) is 0 Å². The van der Waals surface area contributed by atoms with E-state index < -0.39 is 0 Å².